The normalized spacial score (nSPS) is 21.0. The van der Waals surface area contributed by atoms with Crippen molar-refractivity contribution in [2.45, 2.75) is 50.9 Å². The number of rotatable bonds is 7. The molecule has 12 heteroatoms. The molecule has 1 aliphatic heterocycles. The molecule has 4 heterocycles. The van der Waals surface area contributed by atoms with E-state index in [1.807, 2.05) is 0 Å². The number of alkyl halides is 2. The lowest BCUT2D eigenvalue weighted by Gasteiger charge is -2.38. The zero-order chi connectivity index (χ0) is 28.9. The number of H-pyrrole nitrogens is 1. The fraction of sp³-hybridized carbons (Fsp3) is 0.448. The standard InChI is InChI=1S/C29H30F3N7O2/c1-16-3-5-17(6-4-16)19(11-23(40)22-9-10-35-38(22)2)27-36-21-8-7-18(24(30)26(21)37-27)20-12-33-15-34-25(20)28(41)39-13-29(31,32)14-39/h7-10,12,15-17,19H,3-6,11,13-14H2,1-2H3,(H,36,37)/t16?,17?,19-/m0/s1. The van der Waals surface area contributed by atoms with Crippen molar-refractivity contribution in [3.05, 3.63) is 59.9 Å². The first-order valence-electron chi connectivity index (χ1n) is 13.8. The number of imidazole rings is 1. The highest BCUT2D eigenvalue weighted by Crippen LogP contribution is 2.41. The van der Waals surface area contributed by atoms with E-state index in [4.69, 9.17) is 0 Å². The minimum Gasteiger partial charge on any atom is -0.342 e. The predicted molar refractivity (Wildman–Crippen MR) is 144 cm³/mol. The Morgan fingerprint density at radius 1 is 1.12 bits per heavy atom. The fourth-order valence-electron chi connectivity index (χ4n) is 6.07. The number of aromatic amines is 1. The molecular formula is C29H30F3N7O2. The number of nitrogens with zero attached hydrogens (tertiary/aromatic N) is 6. The van der Waals surface area contributed by atoms with Crippen molar-refractivity contribution in [1.29, 1.82) is 0 Å². The second kappa shape index (κ2) is 10.4. The summed E-state index contributed by atoms with van der Waals surface area (Å²) in [4.78, 5) is 43.1. The van der Waals surface area contributed by atoms with Crippen molar-refractivity contribution < 1.29 is 22.8 Å². The predicted octanol–water partition coefficient (Wildman–Crippen LogP) is 5.17. The molecule has 0 spiro atoms. The maximum Gasteiger partial charge on any atom is 0.282 e. The van der Waals surface area contributed by atoms with Crippen LogP contribution in [0.25, 0.3) is 22.2 Å². The van der Waals surface area contributed by atoms with Crippen LogP contribution in [0.5, 0.6) is 0 Å². The molecule has 2 aliphatic rings. The highest BCUT2D eigenvalue weighted by molar-refractivity contribution is 6.00. The summed E-state index contributed by atoms with van der Waals surface area (Å²) < 4.78 is 44.4. The molecule has 4 aromatic rings. The number of aromatic nitrogens is 6. The summed E-state index contributed by atoms with van der Waals surface area (Å²) in [7, 11) is 1.72. The van der Waals surface area contributed by atoms with Crippen LogP contribution in [-0.2, 0) is 7.05 Å². The highest BCUT2D eigenvalue weighted by Gasteiger charge is 2.47. The zero-order valence-electron chi connectivity index (χ0n) is 22.8. The van der Waals surface area contributed by atoms with Gasteiger partial charge in [0.05, 0.1) is 18.6 Å². The molecule has 0 bridgehead atoms. The van der Waals surface area contributed by atoms with Gasteiger partial charge in [-0.15, -0.1) is 0 Å². The summed E-state index contributed by atoms with van der Waals surface area (Å²) in [6.45, 7) is 0.806. The Hall–Kier alpha value is -4.09. The molecule has 1 saturated heterocycles. The first kappa shape index (κ1) is 27.1. The summed E-state index contributed by atoms with van der Waals surface area (Å²) in [6.07, 6.45) is 8.21. The number of hydrogen-bond acceptors (Lipinski definition) is 6. The molecule has 1 aromatic carbocycles. The van der Waals surface area contributed by atoms with Gasteiger partial charge in [0.25, 0.3) is 11.8 Å². The van der Waals surface area contributed by atoms with Crippen molar-refractivity contribution >= 4 is 22.7 Å². The fourth-order valence-corrected chi connectivity index (χ4v) is 6.07. The van der Waals surface area contributed by atoms with Crippen molar-refractivity contribution in [2.24, 2.45) is 18.9 Å². The van der Waals surface area contributed by atoms with Crippen LogP contribution >= 0.6 is 0 Å². The second-order valence-corrected chi connectivity index (χ2v) is 11.3. The Labute approximate surface area is 234 Å². The van der Waals surface area contributed by atoms with Crippen LogP contribution in [-0.4, -0.2) is 65.3 Å². The first-order valence-corrected chi connectivity index (χ1v) is 13.8. The summed E-state index contributed by atoms with van der Waals surface area (Å²) >= 11 is 0. The molecule has 2 fully saturated rings. The maximum atomic E-state index is 16.1. The topological polar surface area (TPSA) is 110 Å². The van der Waals surface area contributed by atoms with E-state index in [0.29, 0.717) is 23.0 Å². The lowest BCUT2D eigenvalue weighted by Crippen LogP contribution is -2.58. The van der Waals surface area contributed by atoms with Gasteiger partial charge < -0.3 is 9.88 Å². The molecule has 0 unspecified atom stereocenters. The van der Waals surface area contributed by atoms with Crippen molar-refractivity contribution in [3.8, 4) is 11.1 Å². The van der Waals surface area contributed by atoms with E-state index in [1.54, 1.807) is 30.1 Å². The van der Waals surface area contributed by atoms with Gasteiger partial charge in [0.1, 0.15) is 29.1 Å². The van der Waals surface area contributed by atoms with Gasteiger partial charge in [-0.2, -0.15) is 5.10 Å². The number of nitrogens with one attached hydrogen (secondary N) is 1. The molecule has 1 atom stereocenters. The minimum atomic E-state index is -2.94. The van der Waals surface area contributed by atoms with Crippen LogP contribution in [0.3, 0.4) is 0 Å². The molecule has 1 amide bonds. The maximum absolute atomic E-state index is 16.1. The number of likely N-dealkylation sites (tertiary alicyclic amines) is 1. The monoisotopic (exact) mass is 565 g/mol. The number of hydrogen-bond donors (Lipinski definition) is 1. The van der Waals surface area contributed by atoms with Gasteiger partial charge in [-0.1, -0.05) is 19.8 Å². The van der Waals surface area contributed by atoms with Crippen LogP contribution in [0.1, 0.15) is 71.7 Å². The summed E-state index contributed by atoms with van der Waals surface area (Å²) in [5.41, 5.74) is 1.01. The van der Waals surface area contributed by atoms with E-state index in [9.17, 15) is 18.4 Å². The van der Waals surface area contributed by atoms with E-state index in [2.05, 4.69) is 32.0 Å². The average Bonchev–Trinajstić information content (AvgIpc) is 3.57. The van der Waals surface area contributed by atoms with E-state index in [0.717, 1.165) is 36.9 Å². The molecule has 9 nitrogen and oxygen atoms in total. The minimum absolute atomic E-state index is 0.0424. The summed E-state index contributed by atoms with van der Waals surface area (Å²) in [5.74, 6) is -3.29. The van der Waals surface area contributed by atoms with Crippen LogP contribution in [0, 0.1) is 17.7 Å². The lowest BCUT2D eigenvalue weighted by molar-refractivity contribution is -0.113. The molecule has 1 aliphatic carbocycles. The van der Waals surface area contributed by atoms with Crippen LogP contribution in [0.4, 0.5) is 13.2 Å². The lowest BCUT2D eigenvalue weighted by atomic mass is 9.74. The van der Waals surface area contributed by atoms with Gasteiger partial charge in [0.2, 0.25) is 0 Å². The number of carbonyl (C=O) groups is 2. The van der Waals surface area contributed by atoms with Gasteiger partial charge in [-0.3, -0.25) is 14.3 Å². The molecular weight excluding hydrogens is 535 g/mol. The van der Waals surface area contributed by atoms with E-state index >= 15 is 4.39 Å². The van der Waals surface area contributed by atoms with Gasteiger partial charge in [-0.05, 0) is 42.9 Å². The van der Waals surface area contributed by atoms with Gasteiger partial charge in [0.15, 0.2) is 11.6 Å². The average molecular weight is 566 g/mol. The molecule has 6 rings (SSSR count). The third-order valence-electron chi connectivity index (χ3n) is 8.44. The molecule has 214 valence electrons. The zero-order valence-corrected chi connectivity index (χ0v) is 22.8. The van der Waals surface area contributed by atoms with Crippen molar-refractivity contribution in [3.63, 3.8) is 0 Å². The number of amides is 1. The highest BCUT2D eigenvalue weighted by atomic mass is 19.3. The van der Waals surface area contributed by atoms with Crippen LogP contribution in [0.15, 0.2) is 36.9 Å². The SMILES string of the molecule is CC1CCC([C@H](CC(=O)c2ccnn2C)c2nc3c(F)c(-c4cncnc4C(=O)N4CC(F)(F)C4)ccc3[nH]2)CC1. The molecule has 1 N–H and O–H groups in total. The molecule has 1 saturated carbocycles. The van der Waals surface area contributed by atoms with Gasteiger partial charge in [-0.25, -0.2) is 28.1 Å². The third-order valence-corrected chi connectivity index (χ3v) is 8.44. The van der Waals surface area contributed by atoms with E-state index in [1.165, 1.54) is 12.3 Å². The van der Waals surface area contributed by atoms with E-state index in [-0.39, 0.29) is 46.4 Å². The Morgan fingerprint density at radius 3 is 2.56 bits per heavy atom. The number of Topliss-reactive ketones (excluding diaryl/α,β-unsaturated/α-hetero) is 1. The third kappa shape index (κ3) is 5.11. The van der Waals surface area contributed by atoms with Gasteiger partial charge in [0, 0.05) is 42.9 Å². The Kier molecular flexibility index (Phi) is 6.87. The number of aryl methyl sites for hydroxylation is 1. The molecule has 41 heavy (non-hydrogen) atoms. The Bertz CT molecular complexity index is 1620. The van der Waals surface area contributed by atoms with Crippen LogP contribution < -0.4 is 0 Å². The largest absolute Gasteiger partial charge is 0.342 e. The number of benzene rings is 1. The number of ketones is 1. The smallest absolute Gasteiger partial charge is 0.282 e. The Morgan fingerprint density at radius 2 is 1.88 bits per heavy atom. The number of halogens is 3. The summed E-state index contributed by atoms with van der Waals surface area (Å²) in [6, 6.07) is 4.85. The quantitative estimate of drug-likeness (QED) is 0.310. The molecule has 3 aromatic heterocycles. The van der Waals surface area contributed by atoms with Crippen molar-refractivity contribution in [2.75, 3.05) is 13.1 Å². The Balaban J connectivity index is 1.35. The van der Waals surface area contributed by atoms with Crippen molar-refractivity contribution in [1.82, 2.24) is 34.6 Å². The number of fused-ring (bicyclic) bond motifs is 1. The van der Waals surface area contributed by atoms with E-state index < -0.39 is 30.7 Å². The molecule has 0 radical (unpaired) electrons. The first-order chi connectivity index (χ1) is 19.6. The van der Waals surface area contributed by atoms with Gasteiger partial charge >= 0.3 is 0 Å². The number of carbonyl (C=O) groups excluding carboxylic acids is 2. The second-order valence-electron chi connectivity index (χ2n) is 11.3. The van der Waals surface area contributed by atoms with Crippen LogP contribution in [0.2, 0.25) is 0 Å². The summed E-state index contributed by atoms with van der Waals surface area (Å²) in [5, 5.41) is 4.12.